The van der Waals surface area contributed by atoms with Crippen LogP contribution in [0.15, 0.2) is 35.4 Å². The van der Waals surface area contributed by atoms with Gasteiger partial charge in [0, 0.05) is 30.3 Å². The van der Waals surface area contributed by atoms with E-state index in [0.29, 0.717) is 12.6 Å². The largest absolute Gasteiger partial charge is 0.353 e. The predicted octanol–water partition coefficient (Wildman–Crippen LogP) is 3.87. The van der Waals surface area contributed by atoms with Crippen molar-refractivity contribution >= 4 is 28.7 Å². The summed E-state index contributed by atoms with van der Waals surface area (Å²) in [4.78, 5) is 30.9. The van der Waals surface area contributed by atoms with Crippen LogP contribution in [0.2, 0.25) is 0 Å². The fourth-order valence-electron chi connectivity index (χ4n) is 6.06. The summed E-state index contributed by atoms with van der Waals surface area (Å²) >= 11 is 1.71. The molecule has 2 saturated carbocycles. The van der Waals surface area contributed by atoms with Crippen LogP contribution in [0.4, 0.5) is 0 Å². The molecule has 3 fully saturated rings. The normalized spacial score (nSPS) is 29.2. The molecule has 2 N–H and O–H groups in total. The molecule has 5 rings (SSSR count). The molecule has 1 saturated heterocycles. The first-order chi connectivity index (χ1) is 16.7. The molecule has 4 unspecified atom stereocenters. The van der Waals surface area contributed by atoms with Gasteiger partial charge in [0.25, 0.3) is 0 Å². The van der Waals surface area contributed by atoms with E-state index in [9.17, 15) is 9.59 Å². The maximum atomic E-state index is 13.5. The lowest BCUT2D eigenvalue weighted by Crippen LogP contribution is -2.68. The first-order valence-corrected chi connectivity index (χ1v) is 14.0. The quantitative estimate of drug-likeness (QED) is 0.642. The van der Waals surface area contributed by atoms with Crippen LogP contribution in [0.5, 0.6) is 0 Å². The Morgan fingerprint density at radius 1 is 1.15 bits per heavy atom. The van der Waals surface area contributed by atoms with Gasteiger partial charge < -0.3 is 15.1 Å². The highest BCUT2D eigenvalue weighted by Gasteiger charge is 2.52. The third-order valence-corrected chi connectivity index (χ3v) is 8.87. The summed E-state index contributed by atoms with van der Waals surface area (Å²) in [6.07, 6.45) is 8.84. The van der Waals surface area contributed by atoms with Crippen LogP contribution in [0.1, 0.15) is 70.3 Å². The van der Waals surface area contributed by atoms with E-state index in [-0.39, 0.29) is 36.0 Å². The van der Waals surface area contributed by atoms with Crippen LogP contribution in [0, 0.1) is 11.8 Å². The van der Waals surface area contributed by atoms with Crippen molar-refractivity contribution in [1.29, 1.82) is 0 Å². The molecule has 4 atom stereocenters. The van der Waals surface area contributed by atoms with Crippen molar-refractivity contribution in [3.63, 3.8) is 0 Å². The standard InChI is InChI=1S/C26H37N5O2S/c1-2-15-30-24(33)21-14-13-19(23(32)27-20-11-7-4-8-12-20)16-22(21)31-25(30)28-29-26(31)34-17-18-9-5-3-6-10-18/h3,5-6,9-10,19-22,25,28H,2,4,7-8,11-17H2,1H3,(H,27,32). The Balaban J connectivity index is 1.31. The van der Waals surface area contributed by atoms with Gasteiger partial charge in [0.1, 0.15) is 0 Å². The van der Waals surface area contributed by atoms with E-state index >= 15 is 0 Å². The number of hydrogen-bond donors (Lipinski definition) is 2. The molecular weight excluding hydrogens is 446 g/mol. The molecule has 184 valence electrons. The number of hydrazone groups is 1. The van der Waals surface area contributed by atoms with Crippen LogP contribution in [0.3, 0.4) is 0 Å². The number of nitrogens with one attached hydrogen (secondary N) is 2. The number of thioether (sulfide) groups is 1. The number of amides is 2. The van der Waals surface area contributed by atoms with E-state index in [0.717, 1.165) is 49.4 Å². The fourth-order valence-corrected chi connectivity index (χ4v) is 7.05. The summed E-state index contributed by atoms with van der Waals surface area (Å²) in [5.41, 5.74) is 4.50. The van der Waals surface area contributed by atoms with Crippen molar-refractivity contribution in [2.24, 2.45) is 16.9 Å². The van der Waals surface area contributed by atoms with Crippen LogP contribution >= 0.6 is 11.8 Å². The maximum absolute atomic E-state index is 13.5. The van der Waals surface area contributed by atoms with E-state index in [4.69, 9.17) is 0 Å². The average molecular weight is 484 g/mol. The number of carbonyl (C=O) groups excluding carboxylic acids is 2. The molecule has 2 amide bonds. The molecule has 34 heavy (non-hydrogen) atoms. The van der Waals surface area contributed by atoms with Crippen molar-refractivity contribution in [3.05, 3.63) is 35.9 Å². The number of amidine groups is 1. The molecule has 2 heterocycles. The number of carbonyl (C=O) groups is 2. The monoisotopic (exact) mass is 483 g/mol. The molecular formula is C26H37N5O2S. The second-order valence-corrected chi connectivity index (χ2v) is 11.1. The average Bonchev–Trinajstić information content (AvgIpc) is 3.30. The number of benzene rings is 1. The third kappa shape index (κ3) is 4.79. The topological polar surface area (TPSA) is 77.0 Å². The minimum absolute atomic E-state index is 0.0125. The SMILES string of the molecule is CCCN1C(=O)C2CCC(C(=O)NC3CCCCC3)CC2N2C(SCc3ccccc3)=NNC12. The summed E-state index contributed by atoms with van der Waals surface area (Å²) in [6.45, 7) is 2.82. The first kappa shape index (κ1) is 23.5. The highest BCUT2D eigenvalue weighted by atomic mass is 32.2. The minimum Gasteiger partial charge on any atom is -0.353 e. The Morgan fingerprint density at radius 2 is 1.94 bits per heavy atom. The Kier molecular flexibility index (Phi) is 7.32. The molecule has 0 spiro atoms. The zero-order chi connectivity index (χ0) is 23.5. The maximum Gasteiger partial charge on any atom is 0.230 e. The van der Waals surface area contributed by atoms with E-state index in [1.165, 1.54) is 24.8 Å². The zero-order valence-electron chi connectivity index (χ0n) is 20.1. The molecule has 2 aliphatic heterocycles. The molecule has 1 aromatic carbocycles. The van der Waals surface area contributed by atoms with E-state index < -0.39 is 0 Å². The number of fused-ring (bicyclic) bond motifs is 3. The minimum atomic E-state index is -0.243. The zero-order valence-corrected chi connectivity index (χ0v) is 20.9. The van der Waals surface area contributed by atoms with Crippen LogP contribution in [0.25, 0.3) is 0 Å². The summed E-state index contributed by atoms with van der Waals surface area (Å²) in [6, 6.07) is 10.7. The predicted molar refractivity (Wildman–Crippen MR) is 136 cm³/mol. The lowest BCUT2D eigenvalue weighted by Gasteiger charge is -2.51. The van der Waals surface area contributed by atoms with Crippen LogP contribution in [-0.2, 0) is 15.3 Å². The lowest BCUT2D eigenvalue weighted by atomic mass is 9.75. The summed E-state index contributed by atoms with van der Waals surface area (Å²) < 4.78 is 0. The van der Waals surface area contributed by atoms with E-state index in [1.54, 1.807) is 11.8 Å². The summed E-state index contributed by atoms with van der Waals surface area (Å²) in [5, 5.41) is 8.95. The van der Waals surface area contributed by atoms with Gasteiger partial charge in [-0.3, -0.25) is 15.0 Å². The summed E-state index contributed by atoms with van der Waals surface area (Å²) in [7, 11) is 0. The Bertz CT molecular complexity index is 904. The molecule has 0 aromatic heterocycles. The number of nitrogens with zero attached hydrogens (tertiary/aromatic N) is 3. The van der Waals surface area contributed by atoms with Gasteiger partial charge in [-0.25, -0.2) is 0 Å². The lowest BCUT2D eigenvalue weighted by molar-refractivity contribution is -0.157. The smallest absolute Gasteiger partial charge is 0.230 e. The van der Waals surface area contributed by atoms with Gasteiger partial charge in [0.2, 0.25) is 11.8 Å². The van der Waals surface area contributed by atoms with E-state index in [2.05, 4.69) is 51.9 Å². The molecule has 7 nitrogen and oxygen atoms in total. The molecule has 0 radical (unpaired) electrons. The van der Waals surface area contributed by atoms with Crippen LogP contribution in [-0.4, -0.2) is 51.7 Å². The Hall–Kier alpha value is -2.22. The van der Waals surface area contributed by atoms with Gasteiger partial charge in [-0.2, -0.15) is 5.10 Å². The summed E-state index contributed by atoms with van der Waals surface area (Å²) in [5.74, 6) is 1.14. The second-order valence-electron chi connectivity index (χ2n) is 10.1. The second kappa shape index (κ2) is 10.6. The van der Waals surface area contributed by atoms with Gasteiger partial charge >= 0.3 is 0 Å². The van der Waals surface area contributed by atoms with Gasteiger partial charge in [0.05, 0.1) is 5.92 Å². The van der Waals surface area contributed by atoms with Crippen molar-refractivity contribution in [1.82, 2.24) is 20.5 Å². The molecule has 0 bridgehead atoms. The van der Waals surface area contributed by atoms with E-state index in [1.807, 2.05) is 11.0 Å². The van der Waals surface area contributed by atoms with Crippen molar-refractivity contribution in [3.8, 4) is 0 Å². The number of hydrogen-bond acceptors (Lipinski definition) is 6. The van der Waals surface area contributed by atoms with Crippen LogP contribution < -0.4 is 10.7 Å². The van der Waals surface area contributed by atoms with Crippen molar-refractivity contribution in [2.75, 3.05) is 6.54 Å². The Labute approximate surface area is 207 Å². The number of rotatable bonds is 6. The molecule has 8 heteroatoms. The molecule has 1 aromatic rings. The van der Waals surface area contributed by atoms with Gasteiger partial charge in [-0.15, -0.1) is 0 Å². The molecule has 2 aliphatic carbocycles. The van der Waals surface area contributed by atoms with Gasteiger partial charge in [-0.05, 0) is 44.1 Å². The Morgan fingerprint density at radius 3 is 2.71 bits per heavy atom. The van der Waals surface area contributed by atoms with Crippen molar-refractivity contribution < 1.29 is 9.59 Å². The van der Waals surface area contributed by atoms with Gasteiger partial charge in [0.15, 0.2) is 11.5 Å². The van der Waals surface area contributed by atoms with Crippen molar-refractivity contribution in [2.45, 2.75) is 88.8 Å². The van der Waals surface area contributed by atoms with Gasteiger partial charge in [-0.1, -0.05) is 68.3 Å². The third-order valence-electron chi connectivity index (χ3n) is 7.83. The molecule has 4 aliphatic rings. The first-order valence-electron chi connectivity index (χ1n) is 13.0. The highest BCUT2D eigenvalue weighted by molar-refractivity contribution is 8.13. The fraction of sp³-hybridized carbons (Fsp3) is 0.654. The highest BCUT2D eigenvalue weighted by Crippen LogP contribution is 2.41.